The molecule has 8 nitrogen and oxygen atoms in total. The van der Waals surface area contributed by atoms with Crippen LogP contribution in [0.3, 0.4) is 0 Å². The second kappa shape index (κ2) is 10.8. The molecule has 0 radical (unpaired) electrons. The minimum atomic E-state index is -4.00. The summed E-state index contributed by atoms with van der Waals surface area (Å²) >= 11 is 5.94. The van der Waals surface area contributed by atoms with E-state index in [4.69, 9.17) is 16.2 Å². The topological polar surface area (TPSA) is 109 Å². The highest BCUT2D eigenvalue weighted by Gasteiger charge is 2.28. The molecule has 0 unspecified atom stereocenters. The van der Waals surface area contributed by atoms with Crippen molar-refractivity contribution in [1.29, 1.82) is 0 Å². The van der Waals surface area contributed by atoms with Crippen LogP contribution in [0.2, 0.25) is 5.02 Å². The number of hydrogen-bond donors (Lipinski definition) is 1. The zero-order valence-corrected chi connectivity index (χ0v) is 21.2. The van der Waals surface area contributed by atoms with E-state index in [2.05, 4.69) is 15.3 Å². The number of aliphatic hydroxyl groups excluding tert-OH is 1. The first-order valence-corrected chi connectivity index (χ1v) is 13.4. The van der Waals surface area contributed by atoms with Crippen LogP contribution in [0, 0.1) is 0 Å². The van der Waals surface area contributed by atoms with E-state index in [1.165, 1.54) is 10.4 Å². The maximum absolute atomic E-state index is 13.8. The van der Waals surface area contributed by atoms with Crippen molar-refractivity contribution >= 4 is 49.6 Å². The van der Waals surface area contributed by atoms with Gasteiger partial charge in [0.05, 0.1) is 5.52 Å². The van der Waals surface area contributed by atoms with Gasteiger partial charge in [-0.05, 0) is 46.6 Å². The molecule has 1 N–H and O–H groups in total. The summed E-state index contributed by atoms with van der Waals surface area (Å²) in [4.78, 5) is 4.49. The van der Waals surface area contributed by atoms with Crippen molar-refractivity contribution in [3.63, 3.8) is 0 Å². The Morgan fingerprint density at radius 3 is 2.49 bits per heavy atom. The first-order chi connectivity index (χ1) is 18.0. The van der Waals surface area contributed by atoms with E-state index >= 15 is 0 Å². The highest BCUT2D eigenvalue weighted by atomic mass is 35.5. The number of pyridine rings is 1. The zero-order valence-electron chi connectivity index (χ0n) is 19.7. The first kappa shape index (κ1) is 25.0. The quantitative estimate of drug-likeness (QED) is 0.277. The zero-order chi connectivity index (χ0) is 25.8. The molecule has 3 aromatic carbocycles. The van der Waals surface area contributed by atoms with Gasteiger partial charge < -0.3 is 5.11 Å². The van der Waals surface area contributed by atoms with Crippen LogP contribution in [-0.2, 0) is 10.0 Å². The number of aliphatic hydroxyl groups is 1. The second-order valence-electron chi connectivity index (χ2n) is 8.35. The highest BCUT2D eigenvalue weighted by Crippen LogP contribution is 2.35. The number of hydrogen-bond acceptors (Lipinski definition) is 7. The number of nitrogens with zero attached hydrogens (tertiary/aromatic N) is 4. The Labute approximate surface area is 218 Å². The van der Waals surface area contributed by atoms with Crippen LogP contribution in [0.5, 0.6) is 0 Å². The van der Waals surface area contributed by atoms with Crippen LogP contribution in [0.1, 0.15) is 12.0 Å². The van der Waals surface area contributed by atoms with E-state index in [1.54, 1.807) is 30.5 Å². The van der Waals surface area contributed by atoms with Crippen LogP contribution in [0.4, 0.5) is 0 Å². The predicted octanol–water partition coefficient (Wildman–Crippen LogP) is 5.18. The van der Waals surface area contributed by atoms with Gasteiger partial charge in [0, 0.05) is 47.4 Å². The predicted molar refractivity (Wildman–Crippen MR) is 143 cm³/mol. The number of sulfonamides is 1. The van der Waals surface area contributed by atoms with Gasteiger partial charge in [-0.1, -0.05) is 66.2 Å². The average Bonchev–Trinajstić information content (AvgIpc) is 3.41. The van der Waals surface area contributed by atoms with E-state index < -0.39 is 10.0 Å². The van der Waals surface area contributed by atoms with Gasteiger partial charge in [0.25, 0.3) is 0 Å². The molecule has 0 saturated heterocycles. The molecule has 0 aliphatic heterocycles. The van der Waals surface area contributed by atoms with E-state index in [-0.39, 0.29) is 36.5 Å². The molecule has 2 aromatic heterocycles. The molecule has 0 aliphatic rings. The fourth-order valence-corrected chi connectivity index (χ4v) is 5.84. The van der Waals surface area contributed by atoms with E-state index in [9.17, 15) is 13.5 Å². The number of fused-ring (bicyclic) bond motifs is 2. The summed E-state index contributed by atoms with van der Waals surface area (Å²) in [6.07, 6.45) is 5.57. The van der Waals surface area contributed by atoms with Crippen molar-refractivity contribution in [3.8, 4) is 11.1 Å². The highest BCUT2D eigenvalue weighted by molar-refractivity contribution is 7.89. The van der Waals surface area contributed by atoms with Crippen LogP contribution in [0.25, 0.3) is 39.1 Å². The van der Waals surface area contributed by atoms with Gasteiger partial charge in [0.2, 0.25) is 10.0 Å². The van der Waals surface area contributed by atoms with Gasteiger partial charge >= 0.3 is 0 Å². The lowest BCUT2D eigenvalue weighted by molar-refractivity contribution is 0.272. The number of halogens is 1. The third-order valence-corrected chi connectivity index (χ3v) is 8.12. The third kappa shape index (κ3) is 5.12. The molecule has 2 heterocycles. The Balaban J connectivity index is 1.53. The summed E-state index contributed by atoms with van der Waals surface area (Å²) in [5.41, 5.74) is 3.59. The molecule has 5 aromatic rings. The Bertz CT molecular complexity index is 1680. The fourth-order valence-electron chi connectivity index (χ4n) is 4.17. The first-order valence-electron chi connectivity index (χ1n) is 11.6. The lowest BCUT2D eigenvalue weighted by atomic mass is 10.0. The Morgan fingerprint density at radius 1 is 0.919 bits per heavy atom. The lowest BCUT2D eigenvalue weighted by Crippen LogP contribution is -2.33. The molecule has 0 saturated carbocycles. The largest absolute Gasteiger partial charge is 0.396 e. The molecule has 0 bridgehead atoms. The minimum absolute atomic E-state index is 0.0153. The van der Waals surface area contributed by atoms with Crippen molar-refractivity contribution in [2.24, 2.45) is 0 Å². The third-order valence-electron chi connectivity index (χ3n) is 5.97. The van der Waals surface area contributed by atoms with Gasteiger partial charge in [-0.2, -0.15) is 4.31 Å². The number of benzene rings is 3. The van der Waals surface area contributed by atoms with Crippen LogP contribution < -0.4 is 0 Å². The molecular formula is C27H23ClN4O4S. The van der Waals surface area contributed by atoms with Crippen molar-refractivity contribution in [3.05, 3.63) is 89.6 Å². The van der Waals surface area contributed by atoms with Crippen molar-refractivity contribution in [2.45, 2.75) is 11.3 Å². The van der Waals surface area contributed by atoms with Gasteiger partial charge in [0.1, 0.15) is 10.4 Å². The van der Waals surface area contributed by atoms with Crippen molar-refractivity contribution in [1.82, 2.24) is 19.6 Å². The Kier molecular flexibility index (Phi) is 7.29. The minimum Gasteiger partial charge on any atom is -0.396 e. The van der Waals surface area contributed by atoms with Gasteiger partial charge in [-0.25, -0.2) is 13.0 Å². The van der Waals surface area contributed by atoms with Crippen LogP contribution in [-0.4, -0.2) is 52.8 Å². The van der Waals surface area contributed by atoms with Crippen LogP contribution in [0.15, 0.2) is 88.5 Å². The van der Waals surface area contributed by atoms with Crippen molar-refractivity contribution < 1.29 is 18.2 Å². The summed E-state index contributed by atoms with van der Waals surface area (Å²) < 4.78 is 33.9. The van der Waals surface area contributed by atoms with Gasteiger partial charge in [0.15, 0.2) is 5.52 Å². The summed E-state index contributed by atoms with van der Waals surface area (Å²) in [6, 6.07) is 20.0. The molecule has 10 heteroatoms. The molecule has 5 rings (SSSR count). The van der Waals surface area contributed by atoms with E-state index in [0.717, 1.165) is 22.0 Å². The normalized spacial score (nSPS) is 12.3. The molecule has 0 spiro atoms. The Morgan fingerprint density at radius 2 is 1.68 bits per heavy atom. The molecule has 188 valence electrons. The number of para-hydroxylation sites is 1. The van der Waals surface area contributed by atoms with Crippen molar-refractivity contribution in [2.75, 3.05) is 19.7 Å². The summed E-state index contributed by atoms with van der Waals surface area (Å²) in [5.74, 6) is 0. The number of aromatic nitrogens is 3. The second-order valence-corrected chi connectivity index (χ2v) is 10.7. The molecule has 37 heavy (non-hydrogen) atoms. The van der Waals surface area contributed by atoms with E-state index in [0.29, 0.717) is 16.1 Å². The maximum Gasteiger partial charge on any atom is 0.245 e. The molecule has 0 amide bonds. The molecule has 0 aliphatic carbocycles. The smallest absolute Gasteiger partial charge is 0.245 e. The molecule has 0 atom stereocenters. The average molecular weight is 535 g/mol. The number of rotatable bonds is 9. The van der Waals surface area contributed by atoms with E-state index in [1.807, 2.05) is 48.5 Å². The fraction of sp³-hybridized carbons (Fsp3) is 0.148. The summed E-state index contributed by atoms with van der Waals surface area (Å²) in [7, 11) is -4.00. The van der Waals surface area contributed by atoms with Gasteiger partial charge in [-0.15, -0.1) is 0 Å². The monoisotopic (exact) mass is 534 g/mol. The van der Waals surface area contributed by atoms with Gasteiger partial charge in [-0.3, -0.25) is 4.98 Å². The molecular weight excluding hydrogens is 512 g/mol. The SMILES string of the molecule is O=S(=O)(c1ccc(-c2cccc3cccnc23)c2nonc12)N(C/C=C/c1ccc(Cl)cc1)CCCO. The van der Waals surface area contributed by atoms with Crippen LogP contribution >= 0.6 is 11.6 Å². The maximum atomic E-state index is 13.8. The Hall–Kier alpha value is -3.63. The summed E-state index contributed by atoms with van der Waals surface area (Å²) in [6.45, 7) is 0.0964. The molecule has 0 fully saturated rings. The summed E-state index contributed by atoms with van der Waals surface area (Å²) in [5, 5.41) is 18.9. The lowest BCUT2D eigenvalue weighted by Gasteiger charge is -2.20. The standard InChI is InChI=1S/C27H23ClN4O4S/c28-21-11-9-19(10-12-21)5-3-16-32(17-4-18-33)37(34,35)24-14-13-23(26-27(24)31-36-30-26)22-8-1-6-20-7-2-15-29-25(20)22/h1-3,5-15,33H,4,16-18H2/b5-3+.